The average Bonchev–Trinajstić information content (AvgIpc) is 2.71. The van der Waals surface area contributed by atoms with Crippen LogP contribution in [0.5, 0.6) is 0 Å². The minimum atomic E-state index is -3.90. The zero-order valence-electron chi connectivity index (χ0n) is 8.65. The van der Waals surface area contributed by atoms with Gasteiger partial charge in [0.25, 0.3) is 10.0 Å². The van der Waals surface area contributed by atoms with Gasteiger partial charge in [-0.25, -0.2) is 17.2 Å². The third-order valence-electron chi connectivity index (χ3n) is 1.99. The molecule has 0 amide bonds. The van der Waals surface area contributed by atoms with Crippen LogP contribution in [-0.4, -0.2) is 8.42 Å². The number of thiophene rings is 1. The maximum atomic E-state index is 13.3. The van der Waals surface area contributed by atoms with Crippen LogP contribution in [0.3, 0.4) is 0 Å². The summed E-state index contributed by atoms with van der Waals surface area (Å²) >= 11 is 4.10. The largest absolute Gasteiger partial charge is 0.276 e. The average molecular weight is 354 g/mol. The first-order valence-electron chi connectivity index (χ1n) is 4.62. The van der Waals surface area contributed by atoms with Gasteiger partial charge < -0.3 is 0 Å². The summed E-state index contributed by atoms with van der Waals surface area (Å²) in [5, 5.41) is 0. The molecule has 96 valence electrons. The summed E-state index contributed by atoms with van der Waals surface area (Å²) in [6, 6.07) is 5.48. The number of hydrogen-bond acceptors (Lipinski definition) is 3. The summed E-state index contributed by atoms with van der Waals surface area (Å²) in [6.07, 6.45) is 0. The molecule has 0 radical (unpaired) electrons. The Morgan fingerprint density at radius 2 is 1.89 bits per heavy atom. The Kier molecular flexibility index (Phi) is 3.69. The number of halogens is 3. The molecule has 0 aliphatic rings. The van der Waals surface area contributed by atoms with Gasteiger partial charge in [-0.05, 0) is 40.2 Å². The molecule has 0 atom stereocenters. The van der Waals surface area contributed by atoms with Gasteiger partial charge in [0.15, 0.2) is 0 Å². The zero-order valence-corrected chi connectivity index (χ0v) is 11.9. The molecule has 0 aliphatic heterocycles. The maximum absolute atomic E-state index is 13.3. The van der Waals surface area contributed by atoms with Crippen LogP contribution in [0.1, 0.15) is 0 Å². The van der Waals surface area contributed by atoms with E-state index in [0.717, 1.165) is 29.5 Å². The molecule has 0 spiro atoms. The SMILES string of the molecule is O=S(=O)(Nc1cc(F)ccc1F)c1ccc(Br)s1. The molecule has 0 bridgehead atoms. The Hall–Kier alpha value is -0.990. The molecule has 1 heterocycles. The number of nitrogens with one attached hydrogen (secondary N) is 1. The topological polar surface area (TPSA) is 46.2 Å². The molecule has 1 aromatic heterocycles. The summed E-state index contributed by atoms with van der Waals surface area (Å²) in [4.78, 5) is 0. The van der Waals surface area contributed by atoms with Crippen molar-refractivity contribution in [2.75, 3.05) is 4.72 Å². The van der Waals surface area contributed by atoms with E-state index < -0.39 is 27.3 Å². The van der Waals surface area contributed by atoms with Crippen molar-refractivity contribution in [2.24, 2.45) is 0 Å². The van der Waals surface area contributed by atoms with Crippen LogP contribution in [0.25, 0.3) is 0 Å². The van der Waals surface area contributed by atoms with Gasteiger partial charge in [0.2, 0.25) is 0 Å². The molecular formula is C10H6BrF2NO2S2. The van der Waals surface area contributed by atoms with Crippen molar-refractivity contribution in [3.63, 3.8) is 0 Å². The molecule has 0 aliphatic carbocycles. The van der Waals surface area contributed by atoms with Crippen molar-refractivity contribution in [2.45, 2.75) is 4.21 Å². The van der Waals surface area contributed by atoms with Gasteiger partial charge in [0, 0.05) is 6.07 Å². The lowest BCUT2D eigenvalue weighted by Gasteiger charge is -2.07. The molecule has 1 N–H and O–H groups in total. The van der Waals surface area contributed by atoms with E-state index in [4.69, 9.17) is 0 Å². The molecule has 0 saturated heterocycles. The lowest BCUT2D eigenvalue weighted by molar-refractivity contribution is 0.595. The number of hydrogen-bond donors (Lipinski definition) is 1. The molecule has 2 aromatic rings. The van der Waals surface area contributed by atoms with Gasteiger partial charge >= 0.3 is 0 Å². The van der Waals surface area contributed by atoms with Gasteiger partial charge in [-0.15, -0.1) is 11.3 Å². The van der Waals surface area contributed by atoms with Crippen LogP contribution in [0.2, 0.25) is 0 Å². The van der Waals surface area contributed by atoms with Crippen LogP contribution in [-0.2, 0) is 10.0 Å². The smallest absolute Gasteiger partial charge is 0.271 e. The van der Waals surface area contributed by atoms with E-state index >= 15 is 0 Å². The Labute approximate surface area is 115 Å². The van der Waals surface area contributed by atoms with Crippen LogP contribution >= 0.6 is 27.3 Å². The van der Waals surface area contributed by atoms with E-state index in [-0.39, 0.29) is 4.21 Å². The van der Waals surface area contributed by atoms with Crippen molar-refractivity contribution in [3.05, 3.63) is 45.8 Å². The lowest BCUT2D eigenvalue weighted by atomic mass is 10.3. The van der Waals surface area contributed by atoms with Crippen LogP contribution in [0, 0.1) is 11.6 Å². The summed E-state index contributed by atoms with van der Waals surface area (Å²) in [6.45, 7) is 0. The maximum Gasteiger partial charge on any atom is 0.271 e. The van der Waals surface area contributed by atoms with Gasteiger partial charge in [-0.3, -0.25) is 4.72 Å². The van der Waals surface area contributed by atoms with E-state index in [1.165, 1.54) is 6.07 Å². The van der Waals surface area contributed by atoms with Gasteiger partial charge in [0.1, 0.15) is 15.8 Å². The molecule has 0 unspecified atom stereocenters. The third kappa shape index (κ3) is 2.88. The van der Waals surface area contributed by atoms with Crippen LogP contribution in [0.15, 0.2) is 38.3 Å². The summed E-state index contributed by atoms with van der Waals surface area (Å²) < 4.78 is 52.6. The molecule has 18 heavy (non-hydrogen) atoms. The highest BCUT2D eigenvalue weighted by atomic mass is 79.9. The van der Waals surface area contributed by atoms with Crippen LogP contribution < -0.4 is 4.72 Å². The Morgan fingerprint density at radius 3 is 2.50 bits per heavy atom. The third-order valence-corrected chi connectivity index (χ3v) is 5.47. The minimum absolute atomic E-state index is 0.0121. The first-order valence-corrected chi connectivity index (χ1v) is 7.71. The predicted octanol–water partition coefficient (Wildman–Crippen LogP) is 3.59. The second-order valence-electron chi connectivity index (χ2n) is 3.29. The highest BCUT2D eigenvalue weighted by Crippen LogP contribution is 2.28. The fourth-order valence-corrected chi connectivity index (χ4v) is 4.28. The lowest BCUT2D eigenvalue weighted by Crippen LogP contribution is -2.12. The van der Waals surface area contributed by atoms with E-state index in [2.05, 4.69) is 15.9 Å². The molecule has 8 heteroatoms. The molecular weight excluding hydrogens is 348 g/mol. The van der Waals surface area contributed by atoms with Gasteiger partial charge in [-0.1, -0.05) is 0 Å². The Bertz CT molecular complexity index is 685. The number of anilines is 1. The summed E-state index contributed by atoms with van der Waals surface area (Å²) in [5.41, 5.74) is -0.417. The molecule has 2 rings (SSSR count). The predicted molar refractivity (Wildman–Crippen MR) is 69.2 cm³/mol. The van der Waals surface area contributed by atoms with Crippen LogP contribution in [0.4, 0.5) is 14.5 Å². The van der Waals surface area contributed by atoms with Crippen molar-refractivity contribution in [3.8, 4) is 0 Å². The normalized spacial score (nSPS) is 11.5. The molecule has 0 fully saturated rings. The summed E-state index contributed by atoms with van der Waals surface area (Å²) in [5.74, 6) is -1.56. The fraction of sp³-hybridized carbons (Fsp3) is 0. The van der Waals surface area contributed by atoms with E-state index in [9.17, 15) is 17.2 Å². The Morgan fingerprint density at radius 1 is 1.17 bits per heavy atom. The zero-order chi connectivity index (χ0) is 13.3. The fourth-order valence-electron chi connectivity index (χ4n) is 1.21. The van der Waals surface area contributed by atoms with Crippen molar-refractivity contribution < 1.29 is 17.2 Å². The van der Waals surface area contributed by atoms with Crippen molar-refractivity contribution in [1.29, 1.82) is 0 Å². The number of rotatable bonds is 3. The van der Waals surface area contributed by atoms with Gasteiger partial charge in [0.05, 0.1) is 9.47 Å². The molecule has 1 aromatic carbocycles. The first-order chi connectivity index (χ1) is 8.38. The first kappa shape index (κ1) is 13.4. The standard InChI is InChI=1S/C10H6BrF2NO2S2/c11-9-3-4-10(17-9)18(15,16)14-8-5-6(12)1-2-7(8)13/h1-5,14H. The van der Waals surface area contributed by atoms with E-state index in [0.29, 0.717) is 3.79 Å². The van der Waals surface area contributed by atoms with Crippen molar-refractivity contribution in [1.82, 2.24) is 0 Å². The molecule has 3 nitrogen and oxygen atoms in total. The van der Waals surface area contributed by atoms with Crippen molar-refractivity contribution >= 4 is 43.0 Å². The highest BCUT2D eigenvalue weighted by molar-refractivity contribution is 9.11. The minimum Gasteiger partial charge on any atom is -0.276 e. The van der Waals surface area contributed by atoms with E-state index in [1.54, 1.807) is 6.07 Å². The highest BCUT2D eigenvalue weighted by Gasteiger charge is 2.18. The quantitative estimate of drug-likeness (QED) is 0.916. The molecule has 0 saturated carbocycles. The number of sulfonamides is 1. The van der Waals surface area contributed by atoms with Gasteiger partial charge in [-0.2, -0.15) is 0 Å². The monoisotopic (exact) mass is 353 g/mol. The number of benzene rings is 1. The summed E-state index contributed by atoms with van der Waals surface area (Å²) in [7, 11) is -3.90. The second-order valence-corrected chi connectivity index (χ2v) is 7.66. The second kappa shape index (κ2) is 4.94. The Balaban J connectivity index is 2.36. The van der Waals surface area contributed by atoms with E-state index in [1.807, 2.05) is 4.72 Å².